The number of aliphatic hydroxyl groups is 8. The number of phenolic OH excluding ortho intramolecular Hbond substituents is 1. The lowest BCUT2D eigenvalue weighted by atomic mass is 9.70. The Bertz CT molecular complexity index is 1020. The first kappa shape index (κ1) is 31.3. The van der Waals surface area contributed by atoms with E-state index in [0.717, 1.165) is 5.56 Å². The Kier molecular flexibility index (Phi) is 9.64. The number of aryl methyl sites for hydroxylation is 1. The van der Waals surface area contributed by atoms with E-state index in [0.29, 0.717) is 17.5 Å². The van der Waals surface area contributed by atoms with Gasteiger partial charge in [-0.2, -0.15) is 0 Å². The molecule has 2 saturated heterocycles. The van der Waals surface area contributed by atoms with Crippen LogP contribution in [0, 0.1) is 12.8 Å². The molecule has 0 unspecified atom stereocenters. The van der Waals surface area contributed by atoms with Gasteiger partial charge in [0.1, 0.15) is 48.8 Å². The summed E-state index contributed by atoms with van der Waals surface area (Å²) in [5.41, 5.74) is 1.87. The summed E-state index contributed by atoms with van der Waals surface area (Å²) in [6.45, 7) is 6.31. The molecule has 40 heavy (non-hydrogen) atoms. The van der Waals surface area contributed by atoms with Crippen LogP contribution in [0.25, 0.3) is 0 Å². The molecule has 228 valence electrons. The van der Waals surface area contributed by atoms with Crippen molar-refractivity contribution in [1.82, 2.24) is 0 Å². The number of phenols is 1. The van der Waals surface area contributed by atoms with Gasteiger partial charge in [0, 0.05) is 11.5 Å². The monoisotopic (exact) mass is 574 g/mol. The third kappa shape index (κ3) is 5.57. The lowest BCUT2D eigenvalue weighted by molar-refractivity contribution is -0.313. The summed E-state index contributed by atoms with van der Waals surface area (Å²) in [5, 5.41) is 92.1. The van der Waals surface area contributed by atoms with Crippen LogP contribution in [0.15, 0.2) is 6.07 Å². The Morgan fingerprint density at radius 2 is 1.38 bits per heavy atom. The smallest absolute Gasteiger partial charge is 0.229 e. The number of ether oxygens (including phenoxy) is 4. The van der Waals surface area contributed by atoms with Crippen LogP contribution in [0.1, 0.15) is 55.7 Å². The molecule has 2 heterocycles. The number of hydrogen-bond donors (Lipinski definition) is 9. The second kappa shape index (κ2) is 12.3. The molecular formula is C27H42O13. The standard InChI is InChI=1S/C27H42O13/c1-9(2)12-6-14(37-26-23(35)21(33)18(30)15(7-28)38-26)11(4)17-13(12)5-10(3)25(20(17)32)40-27-24(36)22(34)19(31)16(8-29)39-27/h5,9,11-12,14-16,18-19,21-24,26-36H,6-8H2,1-4H3/t11-,12+,14-,15-,16-,18-,19-,21+,22+,23-,24-,26-,27+/m1/s1. The van der Waals surface area contributed by atoms with E-state index in [4.69, 9.17) is 18.9 Å². The van der Waals surface area contributed by atoms with Crippen LogP contribution in [0.3, 0.4) is 0 Å². The summed E-state index contributed by atoms with van der Waals surface area (Å²) >= 11 is 0. The molecule has 13 atom stereocenters. The van der Waals surface area contributed by atoms with Gasteiger partial charge in [-0.15, -0.1) is 0 Å². The van der Waals surface area contributed by atoms with E-state index < -0.39 is 86.6 Å². The highest BCUT2D eigenvalue weighted by Crippen LogP contribution is 2.51. The molecule has 3 aliphatic rings. The Hall–Kier alpha value is -1.62. The van der Waals surface area contributed by atoms with Crippen molar-refractivity contribution in [2.45, 2.75) is 113 Å². The molecule has 9 N–H and O–H groups in total. The molecule has 0 bridgehead atoms. The van der Waals surface area contributed by atoms with Gasteiger partial charge in [-0.25, -0.2) is 0 Å². The van der Waals surface area contributed by atoms with E-state index in [9.17, 15) is 46.0 Å². The summed E-state index contributed by atoms with van der Waals surface area (Å²) in [5.74, 6) is -0.761. The topological polar surface area (TPSA) is 219 Å². The van der Waals surface area contributed by atoms with Gasteiger partial charge >= 0.3 is 0 Å². The first-order valence-corrected chi connectivity index (χ1v) is 13.6. The van der Waals surface area contributed by atoms with Crippen LogP contribution in [-0.2, 0) is 14.2 Å². The number of fused-ring (bicyclic) bond motifs is 1. The van der Waals surface area contributed by atoms with E-state index in [2.05, 4.69) is 0 Å². The van der Waals surface area contributed by atoms with E-state index >= 15 is 0 Å². The fourth-order valence-corrected chi connectivity index (χ4v) is 5.96. The molecule has 0 radical (unpaired) electrons. The number of benzene rings is 1. The maximum atomic E-state index is 11.5. The Morgan fingerprint density at radius 3 is 1.90 bits per heavy atom. The number of hydrogen-bond acceptors (Lipinski definition) is 13. The zero-order chi connectivity index (χ0) is 29.6. The van der Waals surface area contributed by atoms with E-state index in [-0.39, 0.29) is 23.3 Å². The highest BCUT2D eigenvalue weighted by Gasteiger charge is 2.48. The van der Waals surface area contributed by atoms with Crippen LogP contribution < -0.4 is 4.74 Å². The predicted octanol–water partition coefficient (Wildman–Crippen LogP) is -1.69. The van der Waals surface area contributed by atoms with Gasteiger partial charge in [-0.3, -0.25) is 0 Å². The third-order valence-corrected chi connectivity index (χ3v) is 8.45. The van der Waals surface area contributed by atoms with Crippen LogP contribution in [0.2, 0.25) is 0 Å². The van der Waals surface area contributed by atoms with E-state index in [1.807, 2.05) is 19.9 Å². The van der Waals surface area contributed by atoms with Gasteiger partial charge in [-0.1, -0.05) is 26.8 Å². The Balaban J connectivity index is 1.66. The molecule has 1 aromatic carbocycles. The average Bonchev–Trinajstić information content (AvgIpc) is 2.91. The SMILES string of the molecule is Cc1cc2c(c(O)c1O[C@@H]1O[C@H](CO)[C@@H](O)[C@H](O)[C@H]1O)[C@H](C)[C@H](O[C@@H]1O[C@H](CO)[C@@H](O)[C@H](O)[C@H]1O)C[C@H]2C(C)C. The molecule has 13 nitrogen and oxygen atoms in total. The lowest BCUT2D eigenvalue weighted by Gasteiger charge is -2.44. The maximum absolute atomic E-state index is 11.5. The lowest BCUT2D eigenvalue weighted by Crippen LogP contribution is -2.60. The van der Waals surface area contributed by atoms with Crippen molar-refractivity contribution >= 4 is 0 Å². The predicted molar refractivity (Wildman–Crippen MR) is 136 cm³/mol. The fraction of sp³-hybridized carbons (Fsp3) is 0.778. The van der Waals surface area contributed by atoms with Crippen LogP contribution >= 0.6 is 0 Å². The van der Waals surface area contributed by atoms with E-state index in [1.165, 1.54) is 0 Å². The largest absolute Gasteiger partial charge is 0.504 e. The number of aliphatic hydroxyl groups excluding tert-OH is 8. The van der Waals surface area contributed by atoms with Crippen molar-refractivity contribution in [2.24, 2.45) is 5.92 Å². The minimum Gasteiger partial charge on any atom is -0.504 e. The zero-order valence-electron chi connectivity index (χ0n) is 22.9. The molecule has 2 aliphatic heterocycles. The molecule has 0 aromatic heterocycles. The molecular weight excluding hydrogens is 532 g/mol. The van der Waals surface area contributed by atoms with Crippen molar-refractivity contribution in [1.29, 1.82) is 0 Å². The van der Waals surface area contributed by atoms with Gasteiger partial charge in [-0.05, 0) is 36.3 Å². The first-order valence-electron chi connectivity index (χ1n) is 13.6. The van der Waals surface area contributed by atoms with Crippen molar-refractivity contribution < 1.29 is 64.9 Å². The third-order valence-electron chi connectivity index (χ3n) is 8.45. The quantitative estimate of drug-likeness (QED) is 0.178. The van der Waals surface area contributed by atoms with Gasteiger partial charge in [0.2, 0.25) is 6.29 Å². The molecule has 1 aliphatic carbocycles. The van der Waals surface area contributed by atoms with Crippen molar-refractivity contribution in [3.63, 3.8) is 0 Å². The molecule has 0 spiro atoms. The van der Waals surface area contributed by atoms with Gasteiger partial charge in [0.15, 0.2) is 17.8 Å². The summed E-state index contributed by atoms with van der Waals surface area (Å²) in [4.78, 5) is 0. The Labute approximate surface area is 232 Å². The molecule has 4 rings (SSSR count). The normalized spacial score (nSPS) is 42.1. The van der Waals surface area contributed by atoms with Gasteiger partial charge in [0.25, 0.3) is 0 Å². The molecule has 13 heteroatoms. The van der Waals surface area contributed by atoms with Crippen molar-refractivity contribution in [2.75, 3.05) is 13.2 Å². The number of aromatic hydroxyl groups is 1. The van der Waals surface area contributed by atoms with Crippen LogP contribution in [0.4, 0.5) is 0 Å². The summed E-state index contributed by atoms with van der Waals surface area (Å²) in [7, 11) is 0. The average molecular weight is 575 g/mol. The van der Waals surface area contributed by atoms with Gasteiger partial charge in [0.05, 0.1) is 19.3 Å². The molecule has 1 aromatic rings. The van der Waals surface area contributed by atoms with E-state index in [1.54, 1.807) is 13.8 Å². The van der Waals surface area contributed by atoms with Crippen LogP contribution in [-0.4, -0.2) is 127 Å². The second-order valence-electron chi connectivity index (χ2n) is 11.4. The minimum atomic E-state index is -1.67. The van der Waals surface area contributed by atoms with Crippen LogP contribution in [0.5, 0.6) is 11.5 Å². The first-order chi connectivity index (χ1) is 18.8. The summed E-state index contributed by atoms with van der Waals surface area (Å²) < 4.78 is 23.0. The maximum Gasteiger partial charge on any atom is 0.229 e. The Morgan fingerprint density at radius 1 is 0.850 bits per heavy atom. The summed E-state index contributed by atoms with van der Waals surface area (Å²) in [6.07, 6.45) is -14.9. The highest BCUT2D eigenvalue weighted by molar-refractivity contribution is 5.58. The molecule has 2 fully saturated rings. The zero-order valence-corrected chi connectivity index (χ0v) is 22.9. The summed E-state index contributed by atoms with van der Waals surface area (Å²) in [6, 6.07) is 1.86. The fourth-order valence-electron chi connectivity index (χ4n) is 5.96. The second-order valence-corrected chi connectivity index (χ2v) is 11.4. The molecule has 0 saturated carbocycles. The van der Waals surface area contributed by atoms with Crippen molar-refractivity contribution in [3.8, 4) is 11.5 Å². The minimum absolute atomic E-state index is 0.0223. The van der Waals surface area contributed by atoms with Gasteiger partial charge < -0.3 is 64.9 Å². The highest BCUT2D eigenvalue weighted by atomic mass is 16.7. The molecule has 0 amide bonds. The number of rotatable bonds is 7. The van der Waals surface area contributed by atoms with Crippen molar-refractivity contribution in [3.05, 3.63) is 22.8 Å².